The first-order valence-corrected chi connectivity index (χ1v) is 11.2. The quantitative estimate of drug-likeness (QED) is 0.477. The highest BCUT2D eigenvalue weighted by molar-refractivity contribution is 6.06. The molecule has 1 amide bonds. The molecule has 5 nitrogen and oxygen atoms in total. The van der Waals surface area contributed by atoms with Crippen LogP contribution in [0, 0.1) is 37.0 Å². The minimum absolute atomic E-state index is 0.0231. The molecule has 2 fully saturated rings. The van der Waals surface area contributed by atoms with Crippen LogP contribution in [0.2, 0.25) is 0 Å². The Morgan fingerprint density at radius 2 is 1.59 bits per heavy atom. The van der Waals surface area contributed by atoms with Crippen molar-refractivity contribution in [2.75, 3.05) is 5.32 Å². The molecule has 5 heteroatoms. The van der Waals surface area contributed by atoms with E-state index in [1.165, 1.54) is 0 Å². The zero-order chi connectivity index (χ0) is 23.3. The van der Waals surface area contributed by atoms with Gasteiger partial charge in [-0.15, -0.1) is 0 Å². The van der Waals surface area contributed by atoms with Crippen molar-refractivity contribution < 1.29 is 14.4 Å². The van der Waals surface area contributed by atoms with Crippen molar-refractivity contribution in [2.24, 2.45) is 21.4 Å². The van der Waals surface area contributed by atoms with Crippen LogP contribution in [0.25, 0.3) is 0 Å². The SMILES string of the molecule is Cc1ccc(C(=O)ON=C2CC3(C(=O)Nc4cc(C)ccc4C)CCC2(C)C3(C)C)cc1. The Kier molecular flexibility index (Phi) is 5.27. The third kappa shape index (κ3) is 3.26. The summed E-state index contributed by atoms with van der Waals surface area (Å²) in [5.74, 6) is -0.453. The molecule has 2 aliphatic carbocycles. The summed E-state index contributed by atoms with van der Waals surface area (Å²) in [7, 11) is 0. The van der Waals surface area contributed by atoms with Crippen LogP contribution in [0.1, 0.15) is 67.1 Å². The Morgan fingerprint density at radius 3 is 2.28 bits per heavy atom. The Bertz CT molecular complexity index is 1120. The highest BCUT2D eigenvalue weighted by Gasteiger charge is 2.71. The maximum atomic E-state index is 13.7. The van der Waals surface area contributed by atoms with Gasteiger partial charge in [-0.25, -0.2) is 4.79 Å². The molecule has 168 valence electrons. The average molecular weight is 433 g/mol. The van der Waals surface area contributed by atoms with Crippen molar-refractivity contribution in [3.8, 4) is 0 Å². The number of aryl methyl sites for hydroxylation is 3. The minimum atomic E-state index is -0.590. The predicted molar refractivity (Wildman–Crippen MR) is 127 cm³/mol. The largest absolute Gasteiger partial charge is 0.365 e. The number of anilines is 1. The molecule has 2 saturated carbocycles. The standard InChI is InChI=1S/C27H32N2O3/c1-17-8-11-20(12-9-17)23(30)32-29-22-16-27(14-13-26(22,6)25(27,4)5)24(31)28-21-15-18(2)7-10-19(21)3/h7-12,15H,13-14,16H2,1-6H3,(H,28,31). The van der Waals surface area contributed by atoms with Crippen LogP contribution >= 0.6 is 0 Å². The zero-order valence-corrected chi connectivity index (χ0v) is 19.8. The molecule has 32 heavy (non-hydrogen) atoms. The van der Waals surface area contributed by atoms with Crippen LogP contribution in [0.4, 0.5) is 5.69 Å². The second-order valence-electron chi connectivity index (χ2n) is 10.3. The first kappa shape index (κ1) is 22.3. The molecule has 0 aliphatic heterocycles. The number of nitrogens with one attached hydrogen (secondary N) is 1. The Morgan fingerprint density at radius 1 is 0.938 bits per heavy atom. The number of carbonyl (C=O) groups is 2. The number of benzene rings is 2. The van der Waals surface area contributed by atoms with Crippen molar-refractivity contribution >= 4 is 23.3 Å². The van der Waals surface area contributed by atoms with E-state index in [-0.39, 0.29) is 16.7 Å². The van der Waals surface area contributed by atoms with Gasteiger partial charge in [0.25, 0.3) is 0 Å². The van der Waals surface area contributed by atoms with Gasteiger partial charge < -0.3 is 10.2 Å². The van der Waals surface area contributed by atoms with Crippen molar-refractivity contribution in [3.63, 3.8) is 0 Å². The summed E-state index contributed by atoms with van der Waals surface area (Å²) >= 11 is 0. The topological polar surface area (TPSA) is 67.8 Å². The van der Waals surface area contributed by atoms with Crippen molar-refractivity contribution in [1.29, 1.82) is 0 Å². The van der Waals surface area contributed by atoms with E-state index in [2.05, 4.69) is 31.2 Å². The van der Waals surface area contributed by atoms with E-state index < -0.39 is 11.4 Å². The van der Waals surface area contributed by atoms with Gasteiger partial charge in [-0.2, -0.15) is 0 Å². The normalized spacial score (nSPS) is 26.9. The molecule has 2 bridgehead atoms. The van der Waals surface area contributed by atoms with Crippen LogP contribution in [0.5, 0.6) is 0 Å². The highest BCUT2D eigenvalue weighted by atomic mass is 16.7. The first-order chi connectivity index (χ1) is 15.0. The molecule has 0 saturated heterocycles. The molecule has 2 atom stereocenters. The fraction of sp³-hybridized carbons (Fsp3) is 0.444. The molecule has 4 rings (SSSR count). The molecule has 1 N–H and O–H groups in total. The van der Waals surface area contributed by atoms with E-state index in [4.69, 9.17) is 4.84 Å². The van der Waals surface area contributed by atoms with Crippen LogP contribution in [-0.2, 0) is 9.63 Å². The molecule has 0 aromatic heterocycles. The van der Waals surface area contributed by atoms with Crippen molar-refractivity contribution in [1.82, 2.24) is 0 Å². The van der Waals surface area contributed by atoms with Gasteiger partial charge in [0.05, 0.1) is 16.7 Å². The van der Waals surface area contributed by atoms with Gasteiger partial charge in [0.2, 0.25) is 5.91 Å². The molecular weight excluding hydrogens is 400 g/mol. The number of amides is 1. The lowest BCUT2D eigenvalue weighted by atomic mass is 9.64. The maximum Gasteiger partial charge on any atom is 0.365 e. The Hall–Kier alpha value is -2.95. The molecule has 2 aromatic carbocycles. The molecule has 2 unspecified atom stereocenters. The number of hydrogen-bond donors (Lipinski definition) is 1. The molecule has 0 heterocycles. The second kappa shape index (κ2) is 7.58. The molecule has 0 radical (unpaired) electrons. The zero-order valence-electron chi connectivity index (χ0n) is 19.8. The van der Waals surface area contributed by atoms with Crippen LogP contribution < -0.4 is 5.32 Å². The van der Waals surface area contributed by atoms with Crippen LogP contribution in [0.3, 0.4) is 0 Å². The lowest BCUT2D eigenvalue weighted by Gasteiger charge is -2.39. The summed E-state index contributed by atoms with van der Waals surface area (Å²) in [4.78, 5) is 31.5. The number of hydrogen-bond acceptors (Lipinski definition) is 4. The van der Waals surface area contributed by atoms with E-state index in [9.17, 15) is 9.59 Å². The lowest BCUT2D eigenvalue weighted by Crippen LogP contribution is -2.43. The third-order valence-corrected chi connectivity index (χ3v) is 8.34. The van der Waals surface area contributed by atoms with Crippen molar-refractivity contribution in [2.45, 2.75) is 60.8 Å². The van der Waals surface area contributed by atoms with E-state index in [0.29, 0.717) is 12.0 Å². The minimum Gasteiger partial charge on any atom is -0.325 e. The number of fused-ring (bicyclic) bond motifs is 2. The maximum absolute atomic E-state index is 13.7. The van der Waals surface area contributed by atoms with Gasteiger partial charge in [-0.1, -0.05) is 55.8 Å². The predicted octanol–water partition coefficient (Wildman–Crippen LogP) is 5.98. The number of nitrogens with zero attached hydrogens (tertiary/aromatic N) is 1. The molecule has 2 aromatic rings. The Labute approximate surface area is 190 Å². The van der Waals surface area contributed by atoms with Crippen LogP contribution in [-0.4, -0.2) is 17.6 Å². The van der Waals surface area contributed by atoms with E-state index in [1.54, 1.807) is 12.1 Å². The van der Waals surface area contributed by atoms with Gasteiger partial charge in [-0.3, -0.25) is 4.79 Å². The Balaban J connectivity index is 1.60. The highest BCUT2D eigenvalue weighted by Crippen LogP contribution is 2.71. The van der Waals surface area contributed by atoms with Crippen molar-refractivity contribution in [3.05, 3.63) is 64.7 Å². The second-order valence-corrected chi connectivity index (χ2v) is 10.3. The van der Waals surface area contributed by atoms with Gasteiger partial charge >= 0.3 is 5.97 Å². The summed E-state index contributed by atoms with van der Waals surface area (Å²) in [5.41, 5.74) is 4.12. The fourth-order valence-electron chi connectivity index (χ4n) is 5.47. The molecular formula is C27H32N2O3. The number of oxime groups is 1. The fourth-order valence-corrected chi connectivity index (χ4v) is 5.47. The van der Waals surface area contributed by atoms with E-state index >= 15 is 0 Å². The molecule has 2 aliphatic rings. The summed E-state index contributed by atoms with van der Waals surface area (Å²) in [5, 5.41) is 7.52. The first-order valence-electron chi connectivity index (χ1n) is 11.2. The lowest BCUT2D eigenvalue weighted by molar-refractivity contribution is -0.130. The number of rotatable bonds is 4. The third-order valence-electron chi connectivity index (χ3n) is 8.34. The monoisotopic (exact) mass is 432 g/mol. The summed E-state index contributed by atoms with van der Waals surface area (Å²) in [6.45, 7) is 12.4. The smallest absolute Gasteiger partial charge is 0.325 e. The van der Waals surface area contributed by atoms with Gasteiger partial charge in [0.15, 0.2) is 0 Å². The molecule has 0 spiro atoms. The summed E-state index contributed by atoms with van der Waals surface area (Å²) < 4.78 is 0. The summed E-state index contributed by atoms with van der Waals surface area (Å²) in [6, 6.07) is 13.3. The summed E-state index contributed by atoms with van der Waals surface area (Å²) in [6.07, 6.45) is 2.12. The van der Waals surface area contributed by atoms with Gasteiger partial charge in [0, 0.05) is 17.5 Å². The average Bonchev–Trinajstić information content (AvgIpc) is 3.05. The van der Waals surface area contributed by atoms with Gasteiger partial charge in [0.1, 0.15) is 0 Å². The van der Waals surface area contributed by atoms with E-state index in [0.717, 1.165) is 40.9 Å². The van der Waals surface area contributed by atoms with Gasteiger partial charge in [-0.05, 0) is 68.4 Å². The number of carbonyl (C=O) groups excluding carboxylic acids is 2. The van der Waals surface area contributed by atoms with E-state index in [1.807, 2.05) is 51.1 Å². The van der Waals surface area contributed by atoms with Crippen LogP contribution in [0.15, 0.2) is 47.6 Å².